The van der Waals surface area contributed by atoms with E-state index in [2.05, 4.69) is 48.5 Å². The summed E-state index contributed by atoms with van der Waals surface area (Å²) < 4.78 is 0. The van der Waals surface area contributed by atoms with Crippen LogP contribution in [-0.2, 0) is 0 Å². The number of benzene rings is 2. The smallest absolute Gasteiger partial charge is 0.0622 e. The molecule has 0 aliphatic rings. The molecule has 0 saturated carbocycles. The molecule has 0 nitrogen and oxygen atoms in total. The van der Waals surface area contributed by atoms with Crippen molar-refractivity contribution in [3.63, 3.8) is 0 Å². The molecule has 0 amide bonds. The summed E-state index contributed by atoms with van der Waals surface area (Å²) in [5, 5.41) is 1.33. The van der Waals surface area contributed by atoms with Gasteiger partial charge in [-0.05, 0) is 23.3 Å². The summed E-state index contributed by atoms with van der Waals surface area (Å²) in [7, 11) is 1.91. The Morgan fingerprint density at radius 2 is 1.15 bits per heavy atom. The molecule has 0 N–H and O–H groups in total. The number of hydrogen-bond acceptors (Lipinski definition) is 0. The molecule has 0 fully saturated rings. The van der Waals surface area contributed by atoms with E-state index in [0.29, 0.717) is 0 Å². The van der Waals surface area contributed by atoms with Gasteiger partial charge in [-0.15, -0.1) is 0 Å². The second-order valence-electron chi connectivity index (χ2n) is 3.06. The van der Waals surface area contributed by atoms with Crippen LogP contribution in [0.3, 0.4) is 0 Å². The maximum Gasteiger partial charge on any atom is 0.0865 e. The lowest BCUT2D eigenvalue weighted by molar-refractivity contribution is 1.64. The van der Waals surface area contributed by atoms with Crippen molar-refractivity contribution in [1.82, 2.24) is 0 Å². The molecule has 0 bridgehead atoms. The molecule has 2 aromatic carbocycles. The van der Waals surface area contributed by atoms with Crippen LogP contribution in [0.2, 0.25) is 0 Å². The van der Waals surface area contributed by atoms with Gasteiger partial charge in [-0.2, -0.15) is 0 Å². The molecule has 0 spiro atoms. The Hall–Kier alpha value is -1.13. The molecule has 2 aromatic rings. The van der Waals surface area contributed by atoms with E-state index in [1.54, 1.807) is 0 Å². The molecule has 2 rings (SSSR count). The Kier molecular flexibility index (Phi) is 2.42. The average Bonchev–Trinajstić information content (AvgIpc) is 2.20. The van der Waals surface area contributed by atoms with Crippen molar-refractivity contribution in [2.45, 2.75) is 0 Å². The third kappa shape index (κ3) is 1.96. The highest BCUT2D eigenvalue weighted by molar-refractivity contribution is 7.27. The van der Waals surface area contributed by atoms with Gasteiger partial charge in [-0.25, -0.2) is 0 Å². The van der Waals surface area contributed by atoms with Gasteiger partial charge < -0.3 is 0 Å². The van der Waals surface area contributed by atoms with E-state index in [-0.39, 0.29) is 0 Å². The highest BCUT2D eigenvalue weighted by atomic mass is 31.0. The van der Waals surface area contributed by atoms with Crippen molar-refractivity contribution < 1.29 is 0 Å². The normalized spacial score (nSPS) is 10.2. The standard InChI is InChI=1S/C12H11P/c13-12-8-6-11(7-9-12)10-4-2-1-3-5-10/h1-9H,13H2/p+1. The van der Waals surface area contributed by atoms with Crippen LogP contribution in [0.4, 0.5) is 0 Å². The number of rotatable bonds is 1. The number of hydrogen-bond donors (Lipinski definition) is 0. The van der Waals surface area contributed by atoms with Gasteiger partial charge in [0.1, 0.15) is 0 Å². The predicted octanol–water partition coefficient (Wildman–Crippen LogP) is 2.59. The van der Waals surface area contributed by atoms with Gasteiger partial charge in [0.15, 0.2) is 0 Å². The minimum atomic E-state index is 1.28. The first-order valence-corrected chi connectivity index (χ1v) is 5.04. The molecule has 0 aliphatic carbocycles. The second kappa shape index (κ2) is 3.72. The zero-order valence-corrected chi connectivity index (χ0v) is 8.82. The second-order valence-corrected chi connectivity index (χ2v) is 3.88. The maximum absolute atomic E-state index is 2.16. The minimum absolute atomic E-state index is 1.28. The highest BCUT2D eigenvalue weighted by Crippen LogP contribution is 2.17. The van der Waals surface area contributed by atoms with Gasteiger partial charge in [-0.1, -0.05) is 42.5 Å². The lowest BCUT2D eigenvalue weighted by atomic mass is 10.1. The van der Waals surface area contributed by atoms with Crippen LogP contribution in [0.1, 0.15) is 0 Å². The monoisotopic (exact) mass is 187 g/mol. The van der Waals surface area contributed by atoms with Crippen LogP contribution in [-0.4, -0.2) is 0 Å². The Bertz CT molecular complexity index is 376. The van der Waals surface area contributed by atoms with Crippen molar-refractivity contribution >= 4 is 14.5 Å². The van der Waals surface area contributed by atoms with Gasteiger partial charge in [0, 0.05) is 9.24 Å². The topological polar surface area (TPSA) is 0 Å². The van der Waals surface area contributed by atoms with Crippen molar-refractivity contribution in [3.8, 4) is 11.1 Å². The first-order chi connectivity index (χ1) is 6.36. The van der Waals surface area contributed by atoms with E-state index in [1.807, 2.05) is 15.3 Å². The van der Waals surface area contributed by atoms with Crippen LogP contribution in [0.25, 0.3) is 11.1 Å². The molecule has 13 heavy (non-hydrogen) atoms. The van der Waals surface area contributed by atoms with Crippen molar-refractivity contribution in [3.05, 3.63) is 54.6 Å². The zero-order chi connectivity index (χ0) is 9.10. The van der Waals surface area contributed by atoms with Crippen LogP contribution in [0, 0.1) is 0 Å². The Balaban J connectivity index is 2.42. The fraction of sp³-hybridized carbons (Fsp3) is 0. The lowest BCUT2D eigenvalue weighted by Crippen LogP contribution is -1.87. The first-order valence-electron chi connectivity index (χ1n) is 4.34. The summed E-state index contributed by atoms with van der Waals surface area (Å²) in [4.78, 5) is 0. The van der Waals surface area contributed by atoms with Crippen LogP contribution >= 0.6 is 9.24 Å². The molecular weight excluding hydrogens is 175 g/mol. The largest absolute Gasteiger partial charge is 0.0865 e. The summed E-state index contributed by atoms with van der Waals surface area (Å²) in [5.41, 5.74) is 2.57. The van der Waals surface area contributed by atoms with Crippen LogP contribution < -0.4 is 5.30 Å². The molecule has 1 heteroatoms. The van der Waals surface area contributed by atoms with E-state index < -0.39 is 0 Å². The molecule has 1 unspecified atom stereocenters. The van der Waals surface area contributed by atoms with Crippen molar-refractivity contribution in [2.75, 3.05) is 0 Å². The van der Waals surface area contributed by atoms with Gasteiger partial charge in [-0.3, -0.25) is 0 Å². The van der Waals surface area contributed by atoms with E-state index in [4.69, 9.17) is 0 Å². The molecule has 1 atom stereocenters. The Morgan fingerprint density at radius 3 is 1.77 bits per heavy atom. The molecular formula is C12H12P+. The van der Waals surface area contributed by atoms with Crippen LogP contribution in [0.5, 0.6) is 0 Å². The van der Waals surface area contributed by atoms with E-state index in [0.717, 1.165) is 0 Å². The van der Waals surface area contributed by atoms with Gasteiger partial charge in [0.25, 0.3) is 0 Å². The summed E-state index contributed by atoms with van der Waals surface area (Å²) >= 11 is 0. The fourth-order valence-electron chi connectivity index (χ4n) is 1.33. The van der Waals surface area contributed by atoms with Crippen LogP contribution in [0.15, 0.2) is 54.6 Å². The predicted molar refractivity (Wildman–Crippen MR) is 62.6 cm³/mol. The lowest BCUT2D eigenvalue weighted by Gasteiger charge is -1.99. The molecule has 0 heterocycles. The van der Waals surface area contributed by atoms with Gasteiger partial charge >= 0.3 is 0 Å². The Morgan fingerprint density at radius 1 is 0.615 bits per heavy atom. The van der Waals surface area contributed by atoms with Gasteiger partial charge in [0.05, 0.1) is 5.30 Å². The molecule has 0 saturated heterocycles. The van der Waals surface area contributed by atoms with E-state index in [9.17, 15) is 0 Å². The molecule has 0 aromatic heterocycles. The summed E-state index contributed by atoms with van der Waals surface area (Å²) in [6.45, 7) is 0. The van der Waals surface area contributed by atoms with Gasteiger partial charge in [0.2, 0.25) is 0 Å². The average molecular weight is 187 g/mol. The highest BCUT2D eigenvalue weighted by Gasteiger charge is 1.95. The minimum Gasteiger partial charge on any atom is -0.0622 e. The third-order valence-corrected chi connectivity index (χ3v) is 2.53. The summed E-state index contributed by atoms with van der Waals surface area (Å²) in [6, 6.07) is 19.1. The molecule has 0 radical (unpaired) electrons. The maximum atomic E-state index is 2.16. The zero-order valence-electron chi connectivity index (χ0n) is 7.40. The van der Waals surface area contributed by atoms with E-state index in [1.165, 1.54) is 16.4 Å². The SMILES string of the molecule is [PH3+]c1ccc(-c2ccccc2)cc1. The third-order valence-electron chi connectivity index (χ3n) is 2.06. The van der Waals surface area contributed by atoms with Crippen molar-refractivity contribution in [1.29, 1.82) is 0 Å². The van der Waals surface area contributed by atoms with Crippen molar-refractivity contribution in [2.24, 2.45) is 0 Å². The molecule has 0 aliphatic heterocycles. The summed E-state index contributed by atoms with van der Waals surface area (Å²) in [5.74, 6) is 0. The first kappa shape index (κ1) is 8.47. The fourth-order valence-corrected chi connectivity index (χ4v) is 1.56. The Labute approximate surface area is 80.8 Å². The quantitative estimate of drug-likeness (QED) is 0.602. The van der Waals surface area contributed by atoms with E-state index >= 15 is 0 Å². The summed E-state index contributed by atoms with van der Waals surface area (Å²) in [6.07, 6.45) is 0. The molecule has 64 valence electrons.